The molecule has 2 rings (SSSR count). The molecular weight excluding hydrogens is 273 g/mol. The Morgan fingerprint density at radius 1 is 1.35 bits per heavy atom. The average Bonchev–Trinajstić information content (AvgIpc) is 2.75. The Kier molecular flexibility index (Phi) is 3.64. The van der Waals surface area contributed by atoms with Gasteiger partial charge in [-0.15, -0.1) is 0 Å². The zero-order valence-corrected chi connectivity index (χ0v) is 10.5. The van der Waals surface area contributed by atoms with Gasteiger partial charge in [-0.25, -0.2) is 13.2 Å². The van der Waals surface area contributed by atoms with E-state index in [1.807, 2.05) is 5.32 Å². The number of anilines is 2. The fourth-order valence-corrected chi connectivity index (χ4v) is 1.61. The number of carbonyl (C=O) groups excluding carboxylic acids is 1. The van der Waals surface area contributed by atoms with Crippen molar-refractivity contribution in [3.05, 3.63) is 41.5 Å². The molecule has 0 atom stereocenters. The summed E-state index contributed by atoms with van der Waals surface area (Å²) in [5, 5.41) is 5.85. The molecule has 1 heterocycles. The fourth-order valence-electron chi connectivity index (χ4n) is 1.61. The molecule has 20 heavy (non-hydrogen) atoms. The molecule has 0 saturated carbocycles. The quantitative estimate of drug-likeness (QED) is 0.907. The number of nitrogens with zero attached hydrogens (tertiary/aromatic N) is 2. The molecule has 5 nitrogen and oxygen atoms in total. The highest BCUT2D eigenvalue weighted by molar-refractivity contribution is 6.06. The molecule has 0 aliphatic heterocycles. The minimum atomic E-state index is -1.22. The van der Waals surface area contributed by atoms with Crippen LogP contribution in [0.5, 0.6) is 0 Å². The van der Waals surface area contributed by atoms with Gasteiger partial charge in [-0.3, -0.25) is 9.48 Å². The van der Waals surface area contributed by atoms with Gasteiger partial charge in [0.25, 0.3) is 5.91 Å². The first kappa shape index (κ1) is 13.9. The van der Waals surface area contributed by atoms with E-state index < -0.39 is 29.0 Å². The highest BCUT2D eigenvalue weighted by Crippen LogP contribution is 2.21. The van der Waals surface area contributed by atoms with Crippen LogP contribution >= 0.6 is 0 Å². The van der Waals surface area contributed by atoms with E-state index in [4.69, 9.17) is 5.73 Å². The van der Waals surface area contributed by atoms with Gasteiger partial charge in [-0.05, 0) is 6.92 Å². The maximum Gasteiger partial charge on any atom is 0.278 e. The van der Waals surface area contributed by atoms with Crippen molar-refractivity contribution in [2.24, 2.45) is 0 Å². The molecule has 1 aromatic carbocycles. The zero-order chi connectivity index (χ0) is 14.9. The van der Waals surface area contributed by atoms with Gasteiger partial charge in [0, 0.05) is 24.9 Å². The van der Waals surface area contributed by atoms with Gasteiger partial charge in [0.1, 0.15) is 11.5 Å². The summed E-state index contributed by atoms with van der Waals surface area (Å²) >= 11 is 0. The van der Waals surface area contributed by atoms with Gasteiger partial charge in [-0.1, -0.05) is 0 Å². The van der Waals surface area contributed by atoms with E-state index >= 15 is 0 Å². The number of amides is 1. The number of nitrogens with one attached hydrogen (secondary N) is 1. The molecular formula is C12H11F3N4O. The molecule has 8 heteroatoms. The van der Waals surface area contributed by atoms with E-state index in [1.54, 1.807) is 6.92 Å². The highest BCUT2D eigenvalue weighted by Gasteiger charge is 2.19. The summed E-state index contributed by atoms with van der Waals surface area (Å²) in [6.45, 7) is 2.27. The zero-order valence-electron chi connectivity index (χ0n) is 10.5. The molecule has 2 aromatic rings. The van der Waals surface area contributed by atoms with Crippen LogP contribution in [-0.4, -0.2) is 15.7 Å². The number of carbonyl (C=O) groups is 1. The lowest BCUT2D eigenvalue weighted by Gasteiger charge is -2.06. The monoisotopic (exact) mass is 284 g/mol. The van der Waals surface area contributed by atoms with Gasteiger partial charge in [0.15, 0.2) is 17.3 Å². The Morgan fingerprint density at radius 2 is 1.95 bits per heavy atom. The Balaban J connectivity index is 2.30. The van der Waals surface area contributed by atoms with Crippen LogP contribution in [0.4, 0.5) is 24.5 Å². The van der Waals surface area contributed by atoms with Crippen LogP contribution in [0.25, 0.3) is 0 Å². The first-order chi connectivity index (χ1) is 9.42. The van der Waals surface area contributed by atoms with E-state index in [9.17, 15) is 18.0 Å². The molecule has 0 bridgehead atoms. The number of aryl methyl sites for hydroxylation is 1. The van der Waals surface area contributed by atoms with Crippen molar-refractivity contribution in [3.8, 4) is 0 Å². The van der Waals surface area contributed by atoms with Crippen molar-refractivity contribution in [1.29, 1.82) is 0 Å². The number of nitrogens with two attached hydrogens (primary N) is 1. The summed E-state index contributed by atoms with van der Waals surface area (Å²) in [4.78, 5) is 11.9. The fraction of sp³-hybridized carbons (Fsp3) is 0.167. The third kappa shape index (κ3) is 2.58. The van der Waals surface area contributed by atoms with Crippen LogP contribution in [-0.2, 0) is 6.54 Å². The van der Waals surface area contributed by atoms with Gasteiger partial charge in [-0.2, -0.15) is 5.10 Å². The molecule has 0 saturated heterocycles. The highest BCUT2D eigenvalue weighted by atomic mass is 19.1. The Bertz CT molecular complexity index is 646. The third-order valence-electron chi connectivity index (χ3n) is 2.57. The number of nitrogen functional groups attached to an aromatic ring is 1. The number of benzene rings is 1. The normalized spacial score (nSPS) is 10.6. The predicted molar refractivity (Wildman–Crippen MR) is 66.6 cm³/mol. The SMILES string of the molecule is CCn1cc(N)c(C(=O)Nc2c(F)cc(F)cc2F)n1. The molecule has 0 unspecified atom stereocenters. The summed E-state index contributed by atoms with van der Waals surface area (Å²) in [7, 11) is 0. The summed E-state index contributed by atoms with van der Waals surface area (Å²) in [6, 6.07) is 0.930. The summed E-state index contributed by atoms with van der Waals surface area (Å²) in [5.41, 5.74) is 4.75. The van der Waals surface area contributed by atoms with Gasteiger partial charge in [0.05, 0.1) is 5.69 Å². The standard InChI is InChI=1S/C12H11F3N4O/c1-2-19-5-9(16)11(18-19)12(20)17-10-7(14)3-6(13)4-8(10)15/h3-5H,2,16H2,1H3,(H,17,20). The molecule has 1 amide bonds. The minimum Gasteiger partial charge on any atom is -0.396 e. The van der Waals surface area contributed by atoms with Crippen LogP contribution in [0.3, 0.4) is 0 Å². The first-order valence-corrected chi connectivity index (χ1v) is 5.71. The number of halogens is 3. The second-order valence-corrected chi connectivity index (χ2v) is 3.99. The summed E-state index contributed by atoms with van der Waals surface area (Å²) < 4.78 is 41.0. The van der Waals surface area contributed by atoms with Crippen molar-refractivity contribution in [1.82, 2.24) is 9.78 Å². The first-order valence-electron chi connectivity index (χ1n) is 5.71. The van der Waals surface area contributed by atoms with Crippen molar-refractivity contribution in [2.45, 2.75) is 13.5 Å². The third-order valence-corrected chi connectivity index (χ3v) is 2.57. The van der Waals surface area contributed by atoms with Crippen LogP contribution in [0.1, 0.15) is 17.4 Å². The second kappa shape index (κ2) is 5.24. The van der Waals surface area contributed by atoms with Crippen molar-refractivity contribution in [3.63, 3.8) is 0 Å². The lowest BCUT2D eigenvalue weighted by molar-refractivity contribution is 0.102. The predicted octanol–water partition coefficient (Wildman–Crippen LogP) is 2.15. The van der Waals surface area contributed by atoms with Crippen LogP contribution in [0.2, 0.25) is 0 Å². The van der Waals surface area contributed by atoms with Crippen LogP contribution in [0.15, 0.2) is 18.3 Å². The Morgan fingerprint density at radius 3 is 2.45 bits per heavy atom. The van der Waals surface area contributed by atoms with Gasteiger partial charge < -0.3 is 11.1 Å². The largest absolute Gasteiger partial charge is 0.396 e. The van der Waals surface area contributed by atoms with Crippen molar-refractivity contribution < 1.29 is 18.0 Å². The second-order valence-electron chi connectivity index (χ2n) is 3.99. The van der Waals surface area contributed by atoms with Crippen molar-refractivity contribution in [2.75, 3.05) is 11.1 Å². The number of rotatable bonds is 3. The smallest absolute Gasteiger partial charge is 0.278 e. The minimum absolute atomic E-state index is 0.0762. The molecule has 0 radical (unpaired) electrons. The molecule has 3 N–H and O–H groups in total. The molecule has 0 aliphatic rings. The lowest BCUT2D eigenvalue weighted by Crippen LogP contribution is -2.17. The number of hydrogen-bond acceptors (Lipinski definition) is 3. The number of hydrogen-bond donors (Lipinski definition) is 2. The van der Waals surface area contributed by atoms with E-state index in [2.05, 4.69) is 5.10 Å². The van der Waals surface area contributed by atoms with E-state index in [-0.39, 0.29) is 11.4 Å². The average molecular weight is 284 g/mol. The summed E-state index contributed by atoms with van der Waals surface area (Å²) in [6.07, 6.45) is 1.42. The maximum atomic E-state index is 13.4. The van der Waals surface area contributed by atoms with E-state index in [0.29, 0.717) is 18.7 Å². The molecule has 0 fully saturated rings. The number of aromatic nitrogens is 2. The Hall–Kier alpha value is -2.51. The molecule has 0 spiro atoms. The maximum absolute atomic E-state index is 13.4. The molecule has 1 aromatic heterocycles. The van der Waals surface area contributed by atoms with E-state index in [1.165, 1.54) is 10.9 Å². The van der Waals surface area contributed by atoms with Gasteiger partial charge >= 0.3 is 0 Å². The summed E-state index contributed by atoms with van der Waals surface area (Å²) in [5.74, 6) is -4.39. The van der Waals surface area contributed by atoms with Crippen LogP contribution in [0, 0.1) is 17.5 Å². The van der Waals surface area contributed by atoms with Crippen molar-refractivity contribution >= 4 is 17.3 Å². The van der Waals surface area contributed by atoms with E-state index in [0.717, 1.165) is 0 Å². The molecule has 0 aliphatic carbocycles. The lowest BCUT2D eigenvalue weighted by atomic mass is 10.2. The molecule has 106 valence electrons. The van der Waals surface area contributed by atoms with Gasteiger partial charge in [0.2, 0.25) is 0 Å². The van der Waals surface area contributed by atoms with Crippen LogP contribution < -0.4 is 11.1 Å². The topological polar surface area (TPSA) is 72.9 Å². The Labute approximate surface area is 112 Å².